The van der Waals surface area contributed by atoms with E-state index >= 15 is 0 Å². The minimum absolute atomic E-state index is 0.0914. The van der Waals surface area contributed by atoms with Crippen LogP contribution in [-0.2, 0) is 11.8 Å². The average Bonchev–Trinajstić information content (AvgIpc) is 2.86. The van der Waals surface area contributed by atoms with Crippen LogP contribution in [0.4, 0.5) is 5.69 Å². The zero-order valence-corrected chi connectivity index (χ0v) is 13.2. The number of nitrogens with zero attached hydrogens (tertiary/aromatic N) is 2. The largest absolute Gasteiger partial charge is 0.481 e. The van der Waals surface area contributed by atoms with Gasteiger partial charge in [-0.1, -0.05) is 6.07 Å². The predicted molar refractivity (Wildman–Crippen MR) is 87.3 cm³/mol. The molecular formula is C17H15N3O4. The van der Waals surface area contributed by atoms with Gasteiger partial charge in [0.25, 0.3) is 0 Å². The molecule has 0 saturated heterocycles. The molecule has 1 aliphatic heterocycles. The quantitative estimate of drug-likeness (QED) is 0.779. The standard InChI is InChI=1S/C17H15N3O4/c1-20-13-8-12-11(6-14(13)24-17(20)22)10(7-15(21)19-12)9-4-3-5-18-16(9)23-2/h3-6,8,10H,7H2,1-2H3,(H,19,21)/t10-/m1/s1. The molecule has 1 aromatic carbocycles. The highest BCUT2D eigenvalue weighted by atomic mass is 16.5. The minimum atomic E-state index is -0.436. The lowest BCUT2D eigenvalue weighted by Gasteiger charge is -2.26. The van der Waals surface area contributed by atoms with E-state index in [0.717, 1.165) is 11.1 Å². The maximum atomic E-state index is 12.2. The third-order valence-corrected chi connectivity index (χ3v) is 4.37. The van der Waals surface area contributed by atoms with E-state index in [1.807, 2.05) is 18.2 Å². The van der Waals surface area contributed by atoms with E-state index in [1.54, 1.807) is 26.4 Å². The molecule has 1 aliphatic rings. The molecule has 122 valence electrons. The van der Waals surface area contributed by atoms with Gasteiger partial charge >= 0.3 is 5.76 Å². The second-order valence-electron chi connectivity index (χ2n) is 5.74. The molecule has 7 heteroatoms. The van der Waals surface area contributed by atoms with Gasteiger partial charge in [0.1, 0.15) is 0 Å². The van der Waals surface area contributed by atoms with Crippen LogP contribution in [0.2, 0.25) is 0 Å². The number of aromatic nitrogens is 2. The summed E-state index contributed by atoms with van der Waals surface area (Å²) in [4.78, 5) is 28.1. The van der Waals surface area contributed by atoms with Crippen molar-refractivity contribution in [2.75, 3.05) is 12.4 Å². The third kappa shape index (κ3) is 2.09. The first-order valence-corrected chi connectivity index (χ1v) is 7.50. The molecule has 3 aromatic rings. The molecule has 2 aromatic heterocycles. The molecule has 0 saturated carbocycles. The molecular weight excluding hydrogens is 310 g/mol. The number of carbonyl (C=O) groups excluding carboxylic acids is 1. The molecule has 0 bridgehead atoms. The summed E-state index contributed by atoms with van der Waals surface area (Å²) in [6.45, 7) is 0. The van der Waals surface area contributed by atoms with Gasteiger partial charge in [-0.05, 0) is 23.8 Å². The topological polar surface area (TPSA) is 86.4 Å². The van der Waals surface area contributed by atoms with Crippen molar-refractivity contribution in [2.45, 2.75) is 12.3 Å². The SMILES string of the molecule is COc1ncccc1[C@H]1CC(=O)Nc2cc3c(cc21)oc(=O)n3C. The number of fused-ring (bicyclic) bond motifs is 2. The molecule has 1 N–H and O–H groups in total. The fraction of sp³-hybridized carbons (Fsp3) is 0.235. The summed E-state index contributed by atoms with van der Waals surface area (Å²) in [5.41, 5.74) is 3.51. The van der Waals surface area contributed by atoms with Crippen LogP contribution in [0.5, 0.6) is 5.88 Å². The summed E-state index contributed by atoms with van der Waals surface area (Å²) < 4.78 is 12.0. The lowest BCUT2D eigenvalue weighted by molar-refractivity contribution is -0.116. The van der Waals surface area contributed by atoms with E-state index in [2.05, 4.69) is 10.3 Å². The van der Waals surface area contributed by atoms with Gasteiger partial charge in [0, 0.05) is 36.8 Å². The first kappa shape index (κ1) is 14.5. The van der Waals surface area contributed by atoms with Crippen molar-refractivity contribution in [3.05, 3.63) is 52.1 Å². The van der Waals surface area contributed by atoms with Crippen LogP contribution in [0, 0.1) is 0 Å². The smallest absolute Gasteiger partial charge is 0.419 e. The number of nitrogens with one attached hydrogen (secondary N) is 1. The van der Waals surface area contributed by atoms with Crippen molar-refractivity contribution in [1.82, 2.24) is 9.55 Å². The van der Waals surface area contributed by atoms with Gasteiger partial charge < -0.3 is 14.5 Å². The van der Waals surface area contributed by atoms with E-state index in [1.165, 1.54) is 4.57 Å². The van der Waals surface area contributed by atoms with E-state index in [4.69, 9.17) is 9.15 Å². The number of methoxy groups -OCH3 is 1. The van der Waals surface area contributed by atoms with Crippen LogP contribution in [0.3, 0.4) is 0 Å². The van der Waals surface area contributed by atoms with E-state index in [-0.39, 0.29) is 18.2 Å². The van der Waals surface area contributed by atoms with Crippen molar-refractivity contribution in [3.8, 4) is 5.88 Å². The highest BCUT2D eigenvalue weighted by molar-refractivity contribution is 5.98. The van der Waals surface area contributed by atoms with Crippen molar-refractivity contribution in [2.24, 2.45) is 7.05 Å². The summed E-state index contributed by atoms with van der Waals surface area (Å²) in [5, 5.41) is 2.87. The maximum absolute atomic E-state index is 12.2. The van der Waals surface area contributed by atoms with Gasteiger partial charge in [0.15, 0.2) is 5.58 Å². The monoisotopic (exact) mass is 325 g/mol. The minimum Gasteiger partial charge on any atom is -0.481 e. The molecule has 0 fully saturated rings. The molecule has 4 rings (SSSR count). The van der Waals surface area contributed by atoms with Crippen LogP contribution in [0.15, 0.2) is 39.7 Å². The third-order valence-electron chi connectivity index (χ3n) is 4.37. The molecule has 0 spiro atoms. The number of anilines is 1. The number of benzene rings is 1. The Morgan fingerprint density at radius 3 is 2.96 bits per heavy atom. The van der Waals surface area contributed by atoms with Gasteiger partial charge in [-0.2, -0.15) is 0 Å². The number of carbonyl (C=O) groups is 1. The molecule has 0 unspecified atom stereocenters. The lowest BCUT2D eigenvalue weighted by atomic mass is 9.85. The van der Waals surface area contributed by atoms with Gasteiger partial charge in [0.2, 0.25) is 11.8 Å². The lowest BCUT2D eigenvalue weighted by Crippen LogP contribution is -2.24. The van der Waals surface area contributed by atoms with Gasteiger partial charge in [0.05, 0.1) is 12.6 Å². The van der Waals surface area contributed by atoms with Gasteiger partial charge in [-0.3, -0.25) is 9.36 Å². The number of oxazole rings is 1. The highest BCUT2D eigenvalue weighted by Gasteiger charge is 2.30. The number of amides is 1. The number of aryl methyl sites for hydroxylation is 1. The summed E-state index contributed by atoms with van der Waals surface area (Å²) in [7, 11) is 3.18. The van der Waals surface area contributed by atoms with Crippen LogP contribution in [-0.4, -0.2) is 22.6 Å². The Bertz CT molecular complexity index is 1020. The van der Waals surface area contributed by atoms with Gasteiger partial charge in [-0.25, -0.2) is 9.78 Å². The van der Waals surface area contributed by atoms with Crippen LogP contribution >= 0.6 is 0 Å². The predicted octanol–water partition coefficient (Wildman–Crippen LogP) is 2.01. The molecule has 0 aliphatic carbocycles. The van der Waals surface area contributed by atoms with Crippen LogP contribution in [0.1, 0.15) is 23.5 Å². The Labute approximate surface area is 136 Å². The Hall–Kier alpha value is -3.09. The molecule has 3 heterocycles. The zero-order valence-electron chi connectivity index (χ0n) is 13.2. The first-order chi connectivity index (χ1) is 11.6. The Balaban J connectivity index is 1.96. The van der Waals surface area contributed by atoms with Gasteiger partial charge in [-0.15, -0.1) is 0 Å². The maximum Gasteiger partial charge on any atom is 0.419 e. The zero-order chi connectivity index (χ0) is 16.8. The van der Waals surface area contributed by atoms with Crippen molar-refractivity contribution in [3.63, 3.8) is 0 Å². The molecule has 1 atom stereocenters. The average molecular weight is 325 g/mol. The summed E-state index contributed by atoms with van der Waals surface area (Å²) in [6.07, 6.45) is 1.92. The van der Waals surface area contributed by atoms with Crippen molar-refractivity contribution >= 4 is 22.7 Å². The van der Waals surface area contributed by atoms with Crippen molar-refractivity contribution in [1.29, 1.82) is 0 Å². The molecule has 24 heavy (non-hydrogen) atoms. The number of hydrogen-bond donors (Lipinski definition) is 1. The Morgan fingerprint density at radius 2 is 2.17 bits per heavy atom. The number of hydrogen-bond acceptors (Lipinski definition) is 5. The van der Waals surface area contributed by atoms with Crippen LogP contribution < -0.4 is 15.8 Å². The Morgan fingerprint density at radius 1 is 1.33 bits per heavy atom. The fourth-order valence-corrected chi connectivity index (χ4v) is 3.20. The van der Waals surface area contributed by atoms with E-state index in [0.29, 0.717) is 22.7 Å². The molecule has 1 amide bonds. The highest BCUT2D eigenvalue weighted by Crippen LogP contribution is 2.41. The summed E-state index contributed by atoms with van der Waals surface area (Å²) in [6, 6.07) is 7.28. The second-order valence-corrected chi connectivity index (χ2v) is 5.74. The van der Waals surface area contributed by atoms with Crippen molar-refractivity contribution < 1.29 is 13.9 Å². The number of pyridine rings is 1. The van der Waals surface area contributed by atoms with E-state index in [9.17, 15) is 9.59 Å². The number of ether oxygens (including phenoxy) is 1. The molecule has 7 nitrogen and oxygen atoms in total. The second kappa shape index (κ2) is 5.23. The fourth-order valence-electron chi connectivity index (χ4n) is 3.20. The molecule has 0 radical (unpaired) electrons. The summed E-state index contributed by atoms with van der Waals surface area (Å²) >= 11 is 0. The Kier molecular flexibility index (Phi) is 3.16. The van der Waals surface area contributed by atoms with E-state index < -0.39 is 5.76 Å². The number of rotatable bonds is 2. The first-order valence-electron chi connectivity index (χ1n) is 7.50. The van der Waals surface area contributed by atoms with Crippen LogP contribution in [0.25, 0.3) is 11.1 Å². The normalized spacial score (nSPS) is 16.8. The summed E-state index contributed by atoms with van der Waals surface area (Å²) in [5.74, 6) is -0.259.